The van der Waals surface area contributed by atoms with Crippen molar-refractivity contribution in [1.29, 1.82) is 0 Å². The van der Waals surface area contributed by atoms with E-state index in [2.05, 4.69) is 22.2 Å². The summed E-state index contributed by atoms with van der Waals surface area (Å²) in [5.41, 5.74) is 0. The van der Waals surface area contributed by atoms with Gasteiger partial charge in [-0.15, -0.1) is 0 Å². The number of rotatable bonds is 1. The first-order chi connectivity index (χ1) is 9.78. The summed E-state index contributed by atoms with van der Waals surface area (Å²) in [7, 11) is 2.10. The molecular weight excluding hydrogens is 266 g/mol. The van der Waals surface area contributed by atoms with Gasteiger partial charge in [-0.2, -0.15) is 0 Å². The Morgan fingerprint density at radius 3 is 2.80 bits per heavy atom. The van der Waals surface area contributed by atoms with Crippen molar-refractivity contribution in [1.82, 2.24) is 15.1 Å². The maximum atomic E-state index is 5.76. The van der Waals surface area contributed by atoms with E-state index >= 15 is 0 Å². The Morgan fingerprint density at radius 2 is 2.00 bits per heavy atom. The van der Waals surface area contributed by atoms with E-state index in [1.807, 2.05) is 0 Å². The van der Waals surface area contributed by atoms with Crippen LogP contribution in [0.5, 0.6) is 0 Å². The lowest BCUT2D eigenvalue weighted by atomic mass is 9.67. The number of hydrogen-bond donors (Lipinski definition) is 1. The molecular formula is C16H27N3S. The summed E-state index contributed by atoms with van der Waals surface area (Å²) in [5, 5.41) is 3.49. The van der Waals surface area contributed by atoms with Gasteiger partial charge in [0.15, 0.2) is 0 Å². The predicted octanol–water partition coefficient (Wildman–Crippen LogP) is 1.87. The van der Waals surface area contributed by atoms with Gasteiger partial charge >= 0.3 is 0 Å². The second kappa shape index (κ2) is 5.22. The van der Waals surface area contributed by atoms with Crippen LogP contribution < -0.4 is 5.32 Å². The van der Waals surface area contributed by atoms with Crippen LogP contribution in [0.2, 0.25) is 0 Å². The van der Waals surface area contributed by atoms with Gasteiger partial charge in [-0.25, -0.2) is 0 Å². The van der Waals surface area contributed by atoms with Gasteiger partial charge in [0.1, 0.15) is 0 Å². The minimum atomic E-state index is 0.610. The number of piperidine rings is 4. The number of thiocarbonyl (C=S) groups is 1. The molecule has 0 aromatic heterocycles. The SMILES string of the molecule is CN[C@@H]1CC(=S)N2C[C@@H]3CCCN4CCC[C@@H]([C@H]34)[C@H]2C1. The fraction of sp³-hybridized carbons (Fsp3) is 0.938. The summed E-state index contributed by atoms with van der Waals surface area (Å²) in [6, 6.07) is 2.20. The lowest BCUT2D eigenvalue weighted by molar-refractivity contribution is -0.0617. The molecule has 1 N–H and O–H groups in total. The van der Waals surface area contributed by atoms with E-state index in [-0.39, 0.29) is 0 Å². The third-order valence-corrected chi connectivity index (χ3v) is 6.75. The number of nitrogens with one attached hydrogen (secondary N) is 1. The van der Waals surface area contributed by atoms with E-state index in [4.69, 9.17) is 12.2 Å². The third-order valence-electron chi connectivity index (χ3n) is 6.35. The fourth-order valence-corrected chi connectivity index (χ4v) is 5.92. The summed E-state index contributed by atoms with van der Waals surface area (Å²) in [6.07, 6.45) is 8.04. The maximum Gasteiger partial charge on any atom is 0.0797 e. The van der Waals surface area contributed by atoms with Gasteiger partial charge in [-0.1, -0.05) is 12.2 Å². The third kappa shape index (κ3) is 2.03. The van der Waals surface area contributed by atoms with Crippen molar-refractivity contribution in [3.8, 4) is 0 Å². The highest BCUT2D eigenvalue weighted by molar-refractivity contribution is 7.80. The first-order valence-electron chi connectivity index (χ1n) is 8.48. The van der Waals surface area contributed by atoms with E-state index in [0.717, 1.165) is 30.3 Å². The average Bonchev–Trinajstić information content (AvgIpc) is 2.48. The molecule has 0 spiro atoms. The molecule has 4 aliphatic rings. The standard InChI is InChI=1S/C16H27N3S/c1-17-12-8-14-13-5-3-7-18-6-2-4-11(16(13)18)10-19(14)15(20)9-12/h11-14,16-17H,2-10H2,1H3/t11-,12-,13+,14+,16-/m0/s1. The van der Waals surface area contributed by atoms with Crippen LogP contribution in [0, 0.1) is 11.8 Å². The summed E-state index contributed by atoms with van der Waals surface area (Å²) < 4.78 is 0. The molecule has 0 unspecified atom stereocenters. The zero-order valence-electron chi connectivity index (χ0n) is 12.6. The van der Waals surface area contributed by atoms with Crippen LogP contribution in [-0.2, 0) is 0 Å². The Kier molecular flexibility index (Phi) is 3.52. The second-order valence-corrected chi connectivity index (χ2v) is 7.75. The summed E-state index contributed by atoms with van der Waals surface area (Å²) >= 11 is 5.76. The Labute approximate surface area is 128 Å². The van der Waals surface area contributed by atoms with Crippen molar-refractivity contribution in [2.75, 3.05) is 26.7 Å². The Morgan fingerprint density at radius 1 is 1.20 bits per heavy atom. The van der Waals surface area contributed by atoms with Gasteiger partial charge in [0.25, 0.3) is 0 Å². The molecule has 3 nitrogen and oxygen atoms in total. The molecule has 112 valence electrons. The van der Waals surface area contributed by atoms with E-state index in [1.54, 1.807) is 0 Å². The number of fused-ring (bicyclic) bond motifs is 2. The Bertz CT molecular complexity index is 397. The van der Waals surface area contributed by atoms with Crippen molar-refractivity contribution < 1.29 is 0 Å². The van der Waals surface area contributed by atoms with Crippen LogP contribution in [0.15, 0.2) is 0 Å². The monoisotopic (exact) mass is 293 g/mol. The number of hydrogen-bond acceptors (Lipinski definition) is 3. The molecule has 0 bridgehead atoms. The van der Waals surface area contributed by atoms with Gasteiger partial charge < -0.3 is 10.2 Å². The molecule has 0 saturated carbocycles. The second-order valence-electron chi connectivity index (χ2n) is 7.27. The van der Waals surface area contributed by atoms with E-state index in [9.17, 15) is 0 Å². The molecule has 0 aromatic rings. The normalized spacial score (nSPS) is 45.0. The molecule has 4 fully saturated rings. The average molecular weight is 293 g/mol. The fourth-order valence-electron chi connectivity index (χ4n) is 5.51. The highest BCUT2D eigenvalue weighted by atomic mass is 32.1. The largest absolute Gasteiger partial charge is 0.362 e. The molecule has 4 rings (SSSR count). The highest BCUT2D eigenvalue weighted by Gasteiger charge is 2.50. The predicted molar refractivity (Wildman–Crippen MR) is 86.0 cm³/mol. The van der Waals surface area contributed by atoms with Gasteiger partial charge in [0.2, 0.25) is 0 Å². The van der Waals surface area contributed by atoms with Crippen LogP contribution >= 0.6 is 12.2 Å². The summed E-state index contributed by atoms with van der Waals surface area (Å²) in [6.45, 7) is 3.95. The minimum absolute atomic E-state index is 0.610. The Hall–Kier alpha value is -0.190. The molecule has 4 heteroatoms. The first-order valence-corrected chi connectivity index (χ1v) is 8.89. The van der Waals surface area contributed by atoms with Crippen molar-refractivity contribution in [3.63, 3.8) is 0 Å². The zero-order valence-corrected chi connectivity index (χ0v) is 13.4. The molecule has 5 atom stereocenters. The lowest BCUT2D eigenvalue weighted by Gasteiger charge is -2.60. The lowest BCUT2D eigenvalue weighted by Crippen LogP contribution is -2.67. The van der Waals surface area contributed by atoms with Gasteiger partial charge in [-0.3, -0.25) is 4.90 Å². The molecule has 4 heterocycles. The molecule has 0 radical (unpaired) electrons. The maximum absolute atomic E-state index is 5.76. The quantitative estimate of drug-likeness (QED) is 0.744. The molecule has 0 aliphatic carbocycles. The van der Waals surface area contributed by atoms with Crippen LogP contribution in [-0.4, -0.2) is 59.6 Å². The van der Waals surface area contributed by atoms with Crippen LogP contribution in [0.4, 0.5) is 0 Å². The molecule has 4 saturated heterocycles. The van der Waals surface area contributed by atoms with Gasteiger partial charge in [-0.05, 0) is 64.1 Å². The Balaban J connectivity index is 1.63. The molecule has 0 amide bonds. The van der Waals surface area contributed by atoms with Crippen molar-refractivity contribution >= 4 is 17.2 Å². The minimum Gasteiger partial charge on any atom is -0.362 e. The van der Waals surface area contributed by atoms with Crippen molar-refractivity contribution in [3.05, 3.63) is 0 Å². The molecule has 20 heavy (non-hydrogen) atoms. The zero-order chi connectivity index (χ0) is 13.7. The van der Waals surface area contributed by atoms with Crippen LogP contribution in [0.1, 0.15) is 38.5 Å². The van der Waals surface area contributed by atoms with E-state index in [1.165, 1.54) is 56.7 Å². The van der Waals surface area contributed by atoms with Gasteiger partial charge in [0.05, 0.1) is 4.99 Å². The number of nitrogens with zero attached hydrogens (tertiary/aromatic N) is 2. The molecule has 0 aromatic carbocycles. The van der Waals surface area contributed by atoms with E-state index in [0.29, 0.717) is 6.04 Å². The summed E-state index contributed by atoms with van der Waals surface area (Å²) in [5.74, 6) is 1.76. The van der Waals surface area contributed by atoms with Crippen molar-refractivity contribution in [2.24, 2.45) is 11.8 Å². The van der Waals surface area contributed by atoms with Crippen LogP contribution in [0.25, 0.3) is 0 Å². The summed E-state index contributed by atoms with van der Waals surface area (Å²) in [4.78, 5) is 6.71. The van der Waals surface area contributed by atoms with Crippen molar-refractivity contribution in [2.45, 2.75) is 56.7 Å². The topological polar surface area (TPSA) is 18.5 Å². The smallest absolute Gasteiger partial charge is 0.0797 e. The van der Waals surface area contributed by atoms with Gasteiger partial charge in [0, 0.05) is 31.1 Å². The van der Waals surface area contributed by atoms with E-state index < -0.39 is 0 Å². The highest BCUT2D eigenvalue weighted by Crippen LogP contribution is 2.44. The molecule has 4 aliphatic heterocycles. The first kappa shape index (κ1) is 13.5. The van der Waals surface area contributed by atoms with Crippen LogP contribution in [0.3, 0.4) is 0 Å².